The lowest BCUT2D eigenvalue weighted by molar-refractivity contribution is -0.193. The van der Waals surface area contributed by atoms with E-state index in [0.29, 0.717) is 31.9 Å². The highest BCUT2D eigenvalue weighted by atomic mass is 19.4. The molecule has 3 amide bonds. The van der Waals surface area contributed by atoms with Crippen LogP contribution in [0.4, 0.5) is 39.9 Å². The molecule has 336 valence electrons. The lowest BCUT2D eigenvalue weighted by Gasteiger charge is -2.42. The second-order valence-corrected chi connectivity index (χ2v) is 14.3. The predicted molar refractivity (Wildman–Crippen MR) is 192 cm³/mol. The van der Waals surface area contributed by atoms with E-state index in [1.807, 2.05) is 13.8 Å². The summed E-state index contributed by atoms with van der Waals surface area (Å²) in [7, 11) is 1.59. The van der Waals surface area contributed by atoms with E-state index < -0.39 is 83.4 Å². The number of hydrogen-bond acceptors (Lipinski definition) is 11. The number of nitrogens with one attached hydrogen (secondary N) is 2. The first kappa shape index (κ1) is 47.7. The number of aromatic nitrogens is 1. The molecular formula is C36H40F8N6O11. The largest absolute Gasteiger partial charge is 0.490 e. The third kappa shape index (κ3) is 11.6. The van der Waals surface area contributed by atoms with Gasteiger partial charge in [-0.1, -0.05) is 11.2 Å². The molecule has 2 saturated heterocycles. The highest BCUT2D eigenvalue weighted by Crippen LogP contribution is 2.46. The fraction of sp³-hybridized carbons (Fsp3) is 0.528. The van der Waals surface area contributed by atoms with E-state index in [1.54, 1.807) is 11.9 Å². The van der Waals surface area contributed by atoms with Gasteiger partial charge in [0.05, 0.1) is 11.8 Å². The molecule has 2 bridgehead atoms. The molecule has 1 aromatic carbocycles. The minimum absolute atomic E-state index is 0.00706. The highest BCUT2D eigenvalue weighted by molar-refractivity contribution is 5.99. The van der Waals surface area contributed by atoms with E-state index in [-0.39, 0.29) is 42.0 Å². The number of aliphatic carboxylic acids is 2. The number of hydrogen-bond donors (Lipinski definition) is 4. The molecule has 4 aliphatic heterocycles. The zero-order valence-corrected chi connectivity index (χ0v) is 32.5. The minimum Gasteiger partial charge on any atom is -0.475 e. The number of amides is 3. The molecule has 17 nitrogen and oxygen atoms in total. The molecule has 0 radical (unpaired) electrons. The molecule has 1 spiro atoms. The molecular weight excluding hydrogens is 844 g/mol. The van der Waals surface area contributed by atoms with E-state index in [1.165, 1.54) is 21.7 Å². The normalized spacial score (nSPS) is 21.6. The molecule has 2 fully saturated rings. The SMILES string of the molecule is CC1=NO[C@@]2(CC[C@H](C)N3C[C@H]2n2cc(C(=O)NCc4ccc(F)cc4F)c(=O)c(OCOC(=O)N(C)C[C@@H]4CCCN4)c2C3=O)C1.O=C(O)C(F)(F)F.O=C(O)C(F)(F)F. The van der Waals surface area contributed by atoms with Crippen molar-refractivity contribution >= 4 is 35.6 Å². The second kappa shape index (κ2) is 19.1. The first-order valence-electron chi connectivity index (χ1n) is 18.2. The number of alkyl halides is 6. The lowest BCUT2D eigenvalue weighted by atomic mass is 9.84. The van der Waals surface area contributed by atoms with Gasteiger partial charge in [0.1, 0.15) is 17.2 Å². The Morgan fingerprint density at radius 2 is 1.70 bits per heavy atom. The monoisotopic (exact) mass is 884 g/mol. The van der Waals surface area contributed by atoms with Crippen molar-refractivity contribution in [2.75, 3.05) is 33.5 Å². The molecule has 4 atom stereocenters. The molecule has 5 heterocycles. The predicted octanol–water partition coefficient (Wildman–Crippen LogP) is 4.19. The van der Waals surface area contributed by atoms with Crippen LogP contribution in [0.3, 0.4) is 0 Å². The van der Waals surface area contributed by atoms with Crippen molar-refractivity contribution in [1.82, 2.24) is 25.0 Å². The van der Waals surface area contributed by atoms with Crippen molar-refractivity contribution in [2.24, 2.45) is 5.16 Å². The maximum atomic E-state index is 14.3. The Morgan fingerprint density at radius 1 is 1.07 bits per heavy atom. The maximum Gasteiger partial charge on any atom is 0.490 e. The molecule has 0 unspecified atom stereocenters. The number of carboxylic acid groups (broad SMARTS) is 2. The van der Waals surface area contributed by atoms with Crippen LogP contribution in [-0.2, 0) is 25.7 Å². The third-order valence-corrected chi connectivity index (χ3v) is 9.96. The fourth-order valence-corrected chi connectivity index (χ4v) is 6.91. The molecule has 0 saturated carbocycles. The molecule has 6 rings (SSSR count). The van der Waals surface area contributed by atoms with E-state index in [0.717, 1.165) is 31.2 Å². The molecule has 1 aromatic heterocycles. The standard InChI is InChI=1S/C32H38F2N6O7.2C2HF3O2/c1-18-12-32(47-37-18)9-8-19(2)39-16-25(32)40-15-23(29(42)36-13-20-6-7-21(33)11-24(20)34)27(41)28(26(40)30(39)43)45-17-46-31(44)38(3)14-22-5-4-10-35-22;2*3-2(4,5)1(6)7/h6-7,11,15,19,22,25,35H,4-5,8-10,12-14,16-17H2,1-3H3,(H,36,42);2*(H,6,7)/t19-,22-,25+,32-;;/m0../s1. The molecule has 2 aromatic rings. The van der Waals surface area contributed by atoms with Crippen molar-refractivity contribution < 1.29 is 83.6 Å². The average molecular weight is 885 g/mol. The smallest absolute Gasteiger partial charge is 0.475 e. The van der Waals surface area contributed by atoms with Gasteiger partial charge in [-0.25, -0.2) is 23.2 Å². The van der Waals surface area contributed by atoms with E-state index >= 15 is 0 Å². The number of halogens is 8. The summed E-state index contributed by atoms with van der Waals surface area (Å²) < 4.78 is 104. The summed E-state index contributed by atoms with van der Waals surface area (Å²) >= 11 is 0. The van der Waals surface area contributed by atoms with Gasteiger partial charge in [-0.2, -0.15) is 26.3 Å². The Morgan fingerprint density at radius 3 is 2.25 bits per heavy atom. The topological polar surface area (TPSA) is 218 Å². The summed E-state index contributed by atoms with van der Waals surface area (Å²) in [5.41, 5.74) is -1.48. The third-order valence-electron chi connectivity index (χ3n) is 9.96. The Hall–Kier alpha value is -6.01. The second-order valence-electron chi connectivity index (χ2n) is 14.3. The van der Waals surface area contributed by atoms with Gasteiger partial charge in [0.2, 0.25) is 18.0 Å². The average Bonchev–Trinajstić information content (AvgIpc) is 3.80. The molecule has 61 heavy (non-hydrogen) atoms. The van der Waals surface area contributed by atoms with E-state index in [4.69, 9.17) is 34.1 Å². The number of carbonyl (C=O) groups is 5. The van der Waals surface area contributed by atoms with Crippen LogP contribution in [0.25, 0.3) is 0 Å². The van der Waals surface area contributed by atoms with Gasteiger partial charge >= 0.3 is 30.4 Å². The molecule has 4 N–H and O–H groups in total. The van der Waals surface area contributed by atoms with Crippen LogP contribution in [-0.4, -0.2) is 124 Å². The molecule has 25 heteroatoms. The summed E-state index contributed by atoms with van der Waals surface area (Å²) in [5.74, 6) is -8.96. The van der Waals surface area contributed by atoms with Crippen LogP contribution < -0.4 is 20.8 Å². The summed E-state index contributed by atoms with van der Waals surface area (Å²) in [4.78, 5) is 81.1. The van der Waals surface area contributed by atoms with Gasteiger partial charge in [0.25, 0.3) is 11.8 Å². The Bertz CT molecular complexity index is 2070. The molecule has 4 aliphatic rings. The van der Waals surface area contributed by atoms with Gasteiger partial charge in [0, 0.05) is 63.0 Å². The number of oxime groups is 1. The van der Waals surface area contributed by atoms with Crippen LogP contribution in [0.15, 0.2) is 34.3 Å². The number of nitrogens with zero attached hydrogens (tertiary/aromatic N) is 4. The maximum absolute atomic E-state index is 14.3. The Kier molecular flexibility index (Phi) is 15.0. The minimum atomic E-state index is -5.08. The zero-order chi connectivity index (χ0) is 45.6. The van der Waals surface area contributed by atoms with E-state index in [9.17, 15) is 54.3 Å². The Balaban J connectivity index is 0.000000504. The summed E-state index contributed by atoms with van der Waals surface area (Å²) in [6.07, 6.45) is -5.99. The number of carbonyl (C=O) groups excluding carboxylic acids is 3. The number of ether oxygens (including phenoxy) is 2. The number of likely N-dealkylation sites (N-methyl/N-ethyl adjacent to an activating group) is 1. The van der Waals surface area contributed by atoms with Crippen molar-refractivity contribution in [3.05, 3.63) is 63.1 Å². The van der Waals surface area contributed by atoms with Crippen LogP contribution in [0.2, 0.25) is 0 Å². The molecule has 0 aliphatic carbocycles. The number of benzene rings is 1. The van der Waals surface area contributed by atoms with Crippen molar-refractivity contribution in [2.45, 2.75) is 88.6 Å². The van der Waals surface area contributed by atoms with Gasteiger partial charge in [-0.15, -0.1) is 0 Å². The van der Waals surface area contributed by atoms with Crippen molar-refractivity contribution in [1.29, 1.82) is 0 Å². The van der Waals surface area contributed by atoms with Gasteiger partial charge < -0.3 is 49.5 Å². The van der Waals surface area contributed by atoms with Crippen LogP contribution in [0, 0.1) is 11.6 Å². The quantitative estimate of drug-likeness (QED) is 0.217. The number of fused-ring (bicyclic) bond motifs is 5. The number of rotatable bonds is 8. The zero-order valence-electron chi connectivity index (χ0n) is 32.5. The van der Waals surface area contributed by atoms with Crippen LogP contribution in [0.1, 0.15) is 78.4 Å². The van der Waals surface area contributed by atoms with Gasteiger partial charge in [-0.3, -0.25) is 14.4 Å². The lowest BCUT2D eigenvalue weighted by Crippen LogP contribution is -2.52. The van der Waals surface area contributed by atoms with Crippen molar-refractivity contribution in [3.63, 3.8) is 0 Å². The van der Waals surface area contributed by atoms with Crippen LogP contribution in [0.5, 0.6) is 5.75 Å². The highest BCUT2D eigenvalue weighted by Gasteiger charge is 2.54. The fourth-order valence-electron chi connectivity index (χ4n) is 6.91. The summed E-state index contributed by atoms with van der Waals surface area (Å²) in [6, 6.07) is 2.32. The van der Waals surface area contributed by atoms with Crippen LogP contribution >= 0.6 is 0 Å². The summed E-state index contributed by atoms with van der Waals surface area (Å²) in [5, 5.41) is 24.3. The van der Waals surface area contributed by atoms with Gasteiger partial charge in [-0.05, 0) is 52.1 Å². The van der Waals surface area contributed by atoms with E-state index in [2.05, 4.69) is 15.8 Å². The number of carboxylic acids is 2. The van der Waals surface area contributed by atoms with Gasteiger partial charge in [0.15, 0.2) is 11.3 Å². The number of pyridine rings is 1. The first-order chi connectivity index (χ1) is 28.4. The first-order valence-corrected chi connectivity index (χ1v) is 18.2. The Labute approximate surface area is 340 Å². The van der Waals surface area contributed by atoms with Crippen molar-refractivity contribution in [3.8, 4) is 5.75 Å². The summed E-state index contributed by atoms with van der Waals surface area (Å²) in [6.45, 7) is 4.24.